The van der Waals surface area contributed by atoms with Crippen LogP contribution in [0.25, 0.3) is 0 Å². The number of aliphatic carboxylic acids is 1. The van der Waals surface area contributed by atoms with Gasteiger partial charge >= 0.3 is 5.97 Å². The highest BCUT2D eigenvalue weighted by Gasteiger charge is 2.06. The van der Waals surface area contributed by atoms with Crippen LogP contribution >= 0.6 is 22.9 Å². The number of thiazole rings is 1. The van der Waals surface area contributed by atoms with Gasteiger partial charge in [0.25, 0.3) is 0 Å². The number of carboxylic acids is 1. The van der Waals surface area contributed by atoms with Gasteiger partial charge in [0, 0.05) is 11.9 Å². The van der Waals surface area contributed by atoms with Gasteiger partial charge in [0.15, 0.2) is 5.13 Å². The molecule has 0 atom stereocenters. The van der Waals surface area contributed by atoms with E-state index < -0.39 is 5.97 Å². The molecule has 4 nitrogen and oxygen atoms in total. The Kier molecular flexibility index (Phi) is 4.17. The first-order valence-corrected chi connectivity index (χ1v) is 6.54. The number of nitrogens with one attached hydrogen (secondary N) is 1. The Morgan fingerprint density at radius 1 is 1.39 bits per heavy atom. The highest BCUT2D eigenvalue weighted by Crippen LogP contribution is 2.20. The summed E-state index contributed by atoms with van der Waals surface area (Å²) < 4.78 is 0. The fraction of sp³-hybridized carbons (Fsp3) is 0.167. The summed E-state index contributed by atoms with van der Waals surface area (Å²) >= 11 is 7.14. The number of hydrogen-bond donors (Lipinski definition) is 2. The Hall–Kier alpha value is -1.59. The molecule has 0 saturated heterocycles. The SMILES string of the molecule is O=C(O)Cc1ccccc1CNc1nc(Cl)cs1. The smallest absolute Gasteiger partial charge is 0.307 e. The number of aromatic nitrogens is 1. The van der Waals surface area contributed by atoms with Gasteiger partial charge in [0.05, 0.1) is 6.42 Å². The van der Waals surface area contributed by atoms with Gasteiger partial charge in [-0.15, -0.1) is 11.3 Å². The second kappa shape index (κ2) is 5.84. The zero-order valence-electron chi connectivity index (χ0n) is 9.39. The van der Waals surface area contributed by atoms with Crippen LogP contribution in [0, 0.1) is 0 Å². The highest BCUT2D eigenvalue weighted by atomic mass is 35.5. The molecule has 0 saturated carbocycles. The van der Waals surface area contributed by atoms with E-state index in [1.807, 2.05) is 24.3 Å². The Bertz CT molecular complexity index is 557. The van der Waals surface area contributed by atoms with E-state index in [2.05, 4.69) is 10.3 Å². The van der Waals surface area contributed by atoms with Crippen LogP contribution in [0.2, 0.25) is 5.15 Å². The van der Waals surface area contributed by atoms with E-state index in [-0.39, 0.29) is 6.42 Å². The zero-order chi connectivity index (χ0) is 13.0. The minimum atomic E-state index is -0.834. The molecule has 0 aliphatic heterocycles. The van der Waals surface area contributed by atoms with Crippen LogP contribution < -0.4 is 5.32 Å². The van der Waals surface area contributed by atoms with E-state index in [1.165, 1.54) is 11.3 Å². The molecular formula is C12H11ClN2O2S. The van der Waals surface area contributed by atoms with Crippen LogP contribution in [0.4, 0.5) is 5.13 Å². The van der Waals surface area contributed by atoms with Crippen LogP contribution in [0.3, 0.4) is 0 Å². The predicted molar refractivity (Wildman–Crippen MR) is 72.2 cm³/mol. The first-order chi connectivity index (χ1) is 8.65. The molecule has 0 fully saturated rings. The molecular weight excluding hydrogens is 272 g/mol. The van der Waals surface area contributed by atoms with Crippen LogP contribution in [0.15, 0.2) is 29.6 Å². The summed E-state index contributed by atoms with van der Waals surface area (Å²) in [4.78, 5) is 14.8. The lowest BCUT2D eigenvalue weighted by molar-refractivity contribution is -0.136. The maximum absolute atomic E-state index is 10.8. The molecule has 0 aliphatic carbocycles. The molecule has 0 amide bonds. The first kappa shape index (κ1) is 12.9. The lowest BCUT2D eigenvalue weighted by Gasteiger charge is -2.08. The van der Waals surface area contributed by atoms with Crippen LogP contribution in [-0.2, 0) is 17.8 Å². The number of anilines is 1. The normalized spacial score (nSPS) is 10.3. The van der Waals surface area contributed by atoms with Gasteiger partial charge in [-0.25, -0.2) is 4.98 Å². The lowest BCUT2D eigenvalue weighted by atomic mass is 10.0. The topological polar surface area (TPSA) is 62.2 Å². The third kappa shape index (κ3) is 3.45. The Morgan fingerprint density at radius 3 is 2.72 bits per heavy atom. The molecule has 1 aromatic heterocycles. The average molecular weight is 283 g/mol. The van der Waals surface area contributed by atoms with Gasteiger partial charge in [-0.3, -0.25) is 4.79 Å². The van der Waals surface area contributed by atoms with E-state index in [9.17, 15) is 4.79 Å². The van der Waals surface area contributed by atoms with Crippen molar-refractivity contribution in [1.29, 1.82) is 0 Å². The van der Waals surface area contributed by atoms with Crippen molar-refractivity contribution >= 4 is 34.0 Å². The molecule has 0 aliphatic rings. The third-order valence-electron chi connectivity index (χ3n) is 2.37. The standard InChI is InChI=1S/C12H11ClN2O2S/c13-10-7-18-12(15-10)14-6-9-4-2-1-3-8(9)5-11(16)17/h1-4,7H,5-6H2,(H,14,15)(H,16,17). The van der Waals surface area contributed by atoms with Gasteiger partial charge in [-0.1, -0.05) is 35.9 Å². The molecule has 94 valence electrons. The molecule has 2 N–H and O–H groups in total. The van der Waals surface area contributed by atoms with Crippen LogP contribution in [0.1, 0.15) is 11.1 Å². The van der Waals surface area contributed by atoms with Crippen molar-refractivity contribution < 1.29 is 9.90 Å². The van der Waals surface area contributed by atoms with Gasteiger partial charge in [0.1, 0.15) is 5.15 Å². The molecule has 18 heavy (non-hydrogen) atoms. The predicted octanol–water partition coefficient (Wildman–Crippen LogP) is 3.04. The third-order valence-corrected chi connectivity index (χ3v) is 3.49. The second-order valence-corrected chi connectivity index (χ2v) is 4.91. The number of carbonyl (C=O) groups is 1. The van der Waals surface area contributed by atoms with Crippen molar-refractivity contribution in [3.63, 3.8) is 0 Å². The molecule has 2 aromatic rings. The van der Waals surface area contributed by atoms with E-state index in [0.717, 1.165) is 16.3 Å². The second-order valence-electron chi connectivity index (χ2n) is 3.67. The summed E-state index contributed by atoms with van der Waals surface area (Å²) in [7, 11) is 0. The lowest BCUT2D eigenvalue weighted by Crippen LogP contribution is -2.07. The summed E-state index contributed by atoms with van der Waals surface area (Å²) in [5.41, 5.74) is 1.76. The van der Waals surface area contributed by atoms with Crippen molar-refractivity contribution in [3.8, 4) is 0 Å². The molecule has 0 unspecified atom stereocenters. The molecule has 2 rings (SSSR count). The summed E-state index contributed by atoms with van der Waals surface area (Å²) in [5.74, 6) is -0.834. The minimum Gasteiger partial charge on any atom is -0.481 e. The molecule has 1 aromatic carbocycles. The Labute approximate surface area is 113 Å². The maximum Gasteiger partial charge on any atom is 0.307 e. The van der Waals surface area contributed by atoms with Gasteiger partial charge in [-0.05, 0) is 11.1 Å². The van der Waals surface area contributed by atoms with E-state index in [1.54, 1.807) is 5.38 Å². The minimum absolute atomic E-state index is 0.0243. The number of rotatable bonds is 5. The molecule has 0 spiro atoms. The quantitative estimate of drug-likeness (QED) is 0.885. The van der Waals surface area contributed by atoms with Crippen LogP contribution in [-0.4, -0.2) is 16.1 Å². The van der Waals surface area contributed by atoms with Crippen molar-refractivity contribution in [1.82, 2.24) is 4.98 Å². The first-order valence-electron chi connectivity index (χ1n) is 5.28. The van der Waals surface area contributed by atoms with Gasteiger partial charge < -0.3 is 10.4 Å². The monoisotopic (exact) mass is 282 g/mol. The number of carboxylic acid groups (broad SMARTS) is 1. The van der Waals surface area contributed by atoms with E-state index in [0.29, 0.717) is 11.7 Å². The summed E-state index contributed by atoms with van der Waals surface area (Å²) in [5, 5.41) is 14.9. The van der Waals surface area contributed by atoms with E-state index >= 15 is 0 Å². The zero-order valence-corrected chi connectivity index (χ0v) is 11.0. The van der Waals surface area contributed by atoms with Crippen molar-refractivity contribution in [2.75, 3.05) is 5.32 Å². The number of hydrogen-bond acceptors (Lipinski definition) is 4. The van der Waals surface area contributed by atoms with E-state index in [4.69, 9.17) is 16.7 Å². The molecule has 6 heteroatoms. The fourth-order valence-electron chi connectivity index (χ4n) is 1.57. The van der Waals surface area contributed by atoms with Crippen molar-refractivity contribution in [3.05, 3.63) is 45.9 Å². The molecule has 1 heterocycles. The van der Waals surface area contributed by atoms with Crippen LogP contribution in [0.5, 0.6) is 0 Å². The fourth-order valence-corrected chi connectivity index (χ4v) is 2.41. The Morgan fingerprint density at radius 2 is 2.11 bits per heavy atom. The summed E-state index contributed by atoms with van der Waals surface area (Å²) in [6, 6.07) is 7.44. The van der Waals surface area contributed by atoms with Crippen molar-refractivity contribution in [2.24, 2.45) is 0 Å². The summed E-state index contributed by atoms with van der Waals surface area (Å²) in [6.45, 7) is 0.535. The number of benzene rings is 1. The number of halogens is 1. The molecule has 0 bridgehead atoms. The average Bonchev–Trinajstić information content (AvgIpc) is 2.73. The summed E-state index contributed by atoms with van der Waals surface area (Å²) in [6.07, 6.45) is 0.0243. The highest BCUT2D eigenvalue weighted by molar-refractivity contribution is 7.14. The largest absolute Gasteiger partial charge is 0.481 e. The Balaban J connectivity index is 2.06. The van der Waals surface area contributed by atoms with Gasteiger partial charge in [0.2, 0.25) is 0 Å². The number of nitrogens with zero attached hydrogens (tertiary/aromatic N) is 1. The van der Waals surface area contributed by atoms with Crippen molar-refractivity contribution in [2.45, 2.75) is 13.0 Å². The van der Waals surface area contributed by atoms with Gasteiger partial charge in [-0.2, -0.15) is 0 Å². The maximum atomic E-state index is 10.8. The molecule has 0 radical (unpaired) electrons.